The summed E-state index contributed by atoms with van der Waals surface area (Å²) < 4.78 is 42.6. The summed E-state index contributed by atoms with van der Waals surface area (Å²) in [5, 5.41) is 4.39. The minimum atomic E-state index is -4.46. The van der Waals surface area contributed by atoms with Crippen LogP contribution >= 0.6 is 23.8 Å². The summed E-state index contributed by atoms with van der Waals surface area (Å²) in [5.74, 6) is 0.370. The number of hydrogen-bond donors (Lipinski definition) is 0. The van der Waals surface area contributed by atoms with Gasteiger partial charge in [-0.3, -0.25) is 9.47 Å². The monoisotopic (exact) mass is 454 g/mol. The molecule has 1 fully saturated rings. The third-order valence-corrected chi connectivity index (χ3v) is 5.61. The number of aromatic nitrogens is 4. The minimum absolute atomic E-state index is 0.00194. The van der Waals surface area contributed by atoms with E-state index < -0.39 is 11.7 Å². The first kappa shape index (κ1) is 20.8. The molecular weight excluding hydrogens is 437 g/mol. The van der Waals surface area contributed by atoms with Gasteiger partial charge in [-0.05, 0) is 30.4 Å². The molecule has 0 radical (unpaired) electrons. The largest absolute Gasteiger partial charge is 0.417 e. The first-order valence-electron chi connectivity index (χ1n) is 9.23. The summed E-state index contributed by atoms with van der Waals surface area (Å²) in [6.07, 6.45) is -1.95. The lowest BCUT2D eigenvalue weighted by molar-refractivity contribution is -0.137. The number of rotatable bonds is 4. The topological polar surface area (TPSA) is 42.1 Å². The molecule has 0 amide bonds. The molecule has 0 aliphatic carbocycles. The summed E-state index contributed by atoms with van der Waals surface area (Å²) in [6.45, 7) is 3.06. The van der Waals surface area contributed by atoms with Crippen LogP contribution in [-0.4, -0.2) is 50.4 Å². The third-order valence-electron chi connectivity index (χ3n) is 4.92. The predicted molar refractivity (Wildman–Crippen MR) is 110 cm³/mol. The number of benzene rings is 1. The lowest BCUT2D eigenvalue weighted by Gasteiger charge is -2.35. The Balaban J connectivity index is 1.40. The maximum Gasteiger partial charge on any atom is 0.417 e. The number of piperazine rings is 1. The van der Waals surface area contributed by atoms with Crippen LogP contribution in [0.2, 0.25) is 5.02 Å². The van der Waals surface area contributed by atoms with Crippen LogP contribution in [0.3, 0.4) is 0 Å². The molecule has 0 bridgehead atoms. The Hall–Kier alpha value is -2.43. The zero-order valence-electron chi connectivity index (χ0n) is 15.8. The molecule has 158 valence electrons. The molecule has 1 aliphatic rings. The average molecular weight is 455 g/mol. The number of para-hydroxylation sites is 1. The SMILES string of the molecule is FC(F)(F)c1cnc(N2CCN(Cn3ncn(-c4ccccc4)c3=S)CC2)c(Cl)c1. The van der Waals surface area contributed by atoms with Gasteiger partial charge in [0.25, 0.3) is 0 Å². The maximum absolute atomic E-state index is 12.8. The van der Waals surface area contributed by atoms with Gasteiger partial charge in [0.05, 0.1) is 17.3 Å². The van der Waals surface area contributed by atoms with E-state index in [1.807, 2.05) is 39.8 Å². The molecule has 0 saturated carbocycles. The van der Waals surface area contributed by atoms with Gasteiger partial charge in [-0.15, -0.1) is 0 Å². The Morgan fingerprint density at radius 3 is 2.40 bits per heavy atom. The summed E-state index contributed by atoms with van der Waals surface area (Å²) in [4.78, 5) is 8.01. The maximum atomic E-state index is 12.8. The molecule has 0 unspecified atom stereocenters. The van der Waals surface area contributed by atoms with Gasteiger partial charge in [0, 0.05) is 38.1 Å². The van der Waals surface area contributed by atoms with Gasteiger partial charge >= 0.3 is 6.18 Å². The molecule has 3 heterocycles. The van der Waals surface area contributed by atoms with E-state index in [9.17, 15) is 13.2 Å². The molecule has 1 saturated heterocycles. The van der Waals surface area contributed by atoms with Crippen molar-refractivity contribution in [3.8, 4) is 5.69 Å². The van der Waals surface area contributed by atoms with Crippen molar-refractivity contribution in [3.63, 3.8) is 0 Å². The molecule has 3 aromatic rings. The van der Waals surface area contributed by atoms with Gasteiger partial charge in [-0.25, -0.2) is 9.67 Å². The highest BCUT2D eigenvalue weighted by molar-refractivity contribution is 7.71. The Kier molecular flexibility index (Phi) is 5.81. The van der Waals surface area contributed by atoms with Crippen LogP contribution in [0.5, 0.6) is 0 Å². The van der Waals surface area contributed by atoms with Gasteiger partial charge in [0.15, 0.2) is 0 Å². The highest BCUT2D eigenvalue weighted by atomic mass is 35.5. The van der Waals surface area contributed by atoms with E-state index >= 15 is 0 Å². The van der Waals surface area contributed by atoms with Crippen LogP contribution in [0.15, 0.2) is 48.9 Å². The van der Waals surface area contributed by atoms with Gasteiger partial charge in [-0.1, -0.05) is 29.8 Å². The number of nitrogens with zero attached hydrogens (tertiary/aromatic N) is 6. The molecule has 6 nitrogen and oxygen atoms in total. The van der Waals surface area contributed by atoms with Crippen molar-refractivity contribution in [2.75, 3.05) is 31.1 Å². The summed E-state index contributed by atoms with van der Waals surface area (Å²) >= 11 is 11.6. The second kappa shape index (κ2) is 8.37. The van der Waals surface area contributed by atoms with E-state index in [4.69, 9.17) is 23.8 Å². The highest BCUT2D eigenvalue weighted by Gasteiger charge is 2.32. The van der Waals surface area contributed by atoms with Crippen molar-refractivity contribution in [3.05, 3.63) is 64.3 Å². The molecule has 1 aliphatic heterocycles. The molecule has 11 heteroatoms. The Morgan fingerprint density at radius 1 is 1.07 bits per heavy atom. The van der Waals surface area contributed by atoms with Crippen LogP contribution in [0.1, 0.15) is 5.56 Å². The van der Waals surface area contributed by atoms with Crippen molar-refractivity contribution in [2.24, 2.45) is 0 Å². The second-order valence-corrected chi connectivity index (χ2v) is 7.66. The first-order chi connectivity index (χ1) is 14.3. The van der Waals surface area contributed by atoms with E-state index in [-0.39, 0.29) is 5.02 Å². The van der Waals surface area contributed by atoms with E-state index in [1.54, 1.807) is 11.0 Å². The quantitative estimate of drug-likeness (QED) is 0.551. The normalized spacial score (nSPS) is 15.5. The van der Waals surface area contributed by atoms with Gasteiger partial charge < -0.3 is 4.90 Å². The van der Waals surface area contributed by atoms with Crippen LogP contribution < -0.4 is 4.90 Å². The zero-order chi connectivity index (χ0) is 21.3. The highest BCUT2D eigenvalue weighted by Crippen LogP contribution is 2.33. The molecule has 0 spiro atoms. The molecule has 1 aromatic carbocycles. The molecule has 2 aromatic heterocycles. The average Bonchev–Trinajstić information content (AvgIpc) is 3.09. The fourth-order valence-corrected chi connectivity index (χ4v) is 3.85. The van der Waals surface area contributed by atoms with E-state index in [2.05, 4.69) is 15.0 Å². The summed E-state index contributed by atoms with van der Waals surface area (Å²) in [7, 11) is 0. The molecule has 0 N–H and O–H groups in total. The molecule has 30 heavy (non-hydrogen) atoms. The standard InChI is InChI=1S/C19H18ClF3N6S/c20-16-10-14(19(21,22)23)11-24-17(16)27-8-6-26(7-9-27)13-29-18(30)28(12-25-29)15-4-2-1-3-5-15/h1-5,10-12H,6-9,13H2. The molecular formula is C19H18ClF3N6S. The lowest BCUT2D eigenvalue weighted by Crippen LogP contribution is -2.47. The number of hydrogen-bond acceptors (Lipinski definition) is 5. The third kappa shape index (κ3) is 4.35. The van der Waals surface area contributed by atoms with Crippen molar-refractivity contribution < 1.29 is 13.2 Å². The van der Waals surface area contributed by atoms with Crippen LogP contribution in [-0.2, 0) is 12.8 Å². The fraction of sp³-hybridized carbons (Fsp3) is 0.316. The van der Waals surface area contributed by atoms with Crippen molar-refractivity contribution in [1.82, 2.24) is 24.2 Å². The number of halogens is 4. The van der Waals surface area contributed by atoms with Crippen molar-refractivity contribution in [1.29, 1.82) is 0 Å². The fourth-order valence-electron chi connectivity index (χ4n) is 3.31. The minimum Gasteiger partial charge on any atom is -0.353 e. The Bertz CT molecular complexity index is 1070. The van der Waals surface area contributed by atoms with Crippen LogP contribution in [0, 0.1) is 4.77 Å². The summed E-state index contributed by atoms with van der Waals surface area (Å²) in [5.41, 5.74) is 0.0971. The van der Waals surface area contributed by atoms with Gasteiger partial charge in [0.2, 0.25) is 4.77 Å². The Morgan fingerprint density at radius 2 is 1.77 bits per heavy atom. The number of anilines is 1. The number of alkyl halides is 3. The second-order valence-electron chi connectivity index (χ2n) is 6.89. The zero-order valence-corrected chi connectivity index (χ0v) is 17.3. The smallest absolute Gasteiger partial charge is 0.353 e. The van der Waals surface area contributed by atoms with Crippen molar-refractivity contribution >= 4 is 29.6 Å². The summed E-state index contributed by atoms with van der Waals surface area (Å²) in [6, 6.07) is 10.7. The number of pyridine rings is 1. The first-order valence-corrected chi connectivity index (χ1v) is 10.0. The van der Waals surface area contributed by atoms with Crippen LogP contribution in [0.25, 0.3) is 5.69 Å². The van der Waals surface area contributed by atoms with E-state index in [1.165, 1.54) is 0 Å². The lowest BCUT2D eigenvalue weighted by atomic mass is 10.2. The van der Waals surface area contributed by atoms with Crippen LogP contribution in [0.4, 0.5) is 19.0 Å². The molecule has 4 rings (SSSR count). The molecule has 0 atom stereocenters. The van der Waals surface area contributed by atoms with E-state index in [0.29, 0.717) is 43.4 Å². The Labute approximate surface area is 181 Å². The predicted octanol–water partition coefficient (Wildman–Crippen LogP) is 4.25. The van der Waals surface area contributed by atoms with Gasteiger partial charge in [-0.2, -0.15) is 18.3 Å². The van der Waals surface area contributed by atoms with Gasteiger partial charge in [0.1, 0.15) is 12.1 Å². The van der Waals surface area contributed by atoms with E-state index in [0.717, 1.165) is 18.0 Å². The van der Waals surface area contributed by atoms with Crippen molar-refractivity contribution in [2.45, 2.75) is 12.8 Å².